The maximum Gasteiger partial charge on any atom is 0.310 e. The van der Waals surface area contributed by atoms with Crippen molar-refractivity contribution in [2.45, 2.75) is 25.8 Å². The van der Waals surface area contributed by atoms with Gasteiger partial charge in [0, 0.05) is 12.1 Å². The zero-order valence-electron chi connectivity index (χ0n) is 10.7. The van der Waals surface area contributed by atoms with Gasteiger partial charge < -0.3 is 15.2 Å². The van der Waals surface area contributed by atoms with Crippen LogP contribution in [0.4, 0.5) is 5.82 Å². The van der Waals surface area contributed by atoms with Crippen molar-refractivity contribution in [3.05, 3.63) is 24.5 Å². The Labute approximate surface area is 111 Å². The van der Waals surface area contributed by atoms with E-state index in [9.17, 15) is 4.79 Å². The highest BCUT2D eigenvalue weighted by Gasteiger charge is 2.24. The summed E-state index contributed by atoms with van der Waals surface area (Å²) in [6.45, 7) is 2.64. The fourth-order valence-corrected chi connectivity index (χ4v) is 1.88. The number of anilines is 1. The minimum absolute atomic E-state index is 0.0185. The first-order chi connectivity index (χ1) is 9.19. The molecule has 2 atom stereocenters. The Morgan fingerprint density at radius 2 is 2.37 bits per heavy atom. The number of aliphatic carboxylic acids is 1. The predicted molar refractivity (Wildman–Crippen MR) is 70.1 cm³/mol. The molecule has 0 bridgehead atoms. The molecule has 6 nitrogen and oxygen atoms in total. The van der Waals surface area contributed by atoms with Crippen molar-refractivity contribution in [2.24, 2.45) is 5.92 Å². The van der Waals surface area contributed by atoms with Gasteiger partial charge in [0.15, 0.2) is 0 Å². The lowest BCUT2D eigenvalue weighted by Crippen LogP contribution is -2.19. The van der Waals surface area contributed by atoms with Gasteiger partial charge >= 0.3 is 5.97 Å². The van der Waals surface area contributed by atoms with E-state index in [-0.39, 0.29) is 6.04 Å². The molecule has 0 fully saturated rings. The molecule has 2 N–H and O–H groups in total. The molecule has 0 aliphatic heterocycles. The molecular weight excluding hydrogens is 246 g/mol. The largest absolute Gasteiger partial charge is 0.481 e. The smallest absolute Gasteiger partial charge is 0.310 e. The number of aromatic nitrogens is 2. The summed E-state index contributed by atoms with van der Waals surface area (Å²) in [5, 5.41) is 12.1. The standard InChI is InChI=1S/C13H17N3O3/c1-2-5-19-12-7-11(14-8-15-12)16-10-4-3-9(6-10)13(17)18/h3-4,7-10H,2,5-6H2,1H3,(H,17,18)(H,14,15,16). The minimum Gasteiger partial charge on any atom is -0.481 e. The average molecular weight is 263 g/mol. The number of nitrogens with one attached hydrogen (secondary N) is 1. The van der Waals surface area contributed by atoms with Crippen molar-refractivity contribution < 1.29 is 14.6 Å². The van der Waals surface area contributed by atoms with Crippen LogP contribution in [-0.2, 0) is 4.79 Å². The number of hydrogen-bond acceptors (Lipinski definition) is 5. The van der Waals surface area contributed by atoms with E-state index in [4.69, 9.17) is 9.84 Å². The molecule has 0 spiro atoms. The summed E-state index contributed by atoms with van der Waals surface area (Å²) < 4.78 is 5.42. The van der Waals surface area contributed by atoms with Crippen LogP contribution in [0, 0.1) is 5.92 Å². The molecule has 2 unspecified atom stereocenters. The van der Waals surface area contributed by atoms with E-state index in [1.807, 2.05) is 13.0 Å². The van der Waals surface area contributed by atoms with E-state index in [0.29, 0.717) is 24.7 Å². The third-order valence-corrected chi connectivity index (χ3v) is 2.83. The summed E-state index contributed by atoms with van der Waals surface area (Å²) >= 11 is 0. The van der Waals surface area contributed by atoms with Gasteiger partial charge in [-0.3, -0.25) is 4.79 Å². The highest BCUT2D eigenvalue weighted by atomic mass is 16.5. The van der Waals surface area contributed by atoms with Crippen LogP contribution in [0.1, 0.15) is 19.8 Å². The number of rotatable bonds is 6. The van der Waals surface area contributed by atoms with Crippen LogP contribution in [0.25, 0.3) is 0 Å². The number of carboxylic acid groups (broad SMARTS) is 1. The van der Waals surface area contributed by atoms with Gasteiger partial charge in [0.25, 0.3) is 0 Å². The van der Waals surface area contributed by atoms with E-state index >= 15 is 0 Å². The van der Waals surface area contributed by atoms with Gasteiger partial charge in [-0.05, 0) is 12.8 Å². The monoisotopic (exact) mass is 263 g/mol. The molecule has 19 heavy (non-hydrogen) atoms. The Morgan fingerprint density at radius 1 is 1.53 bits per heavy atom. The number of hydrogen-bond donors (Lipinski definition) is 2. The number of carboxylic acids is 1. The van der Waals surface area contributed by atoms with E-state index in [1.165, 1.54) is 6.33 Å². The Hall–Kier alpha value is -2.11. The molecule has 6 heteroatoms. The van der Waals surface area contributed by atoms with Crippen molar-refractivity contribution in [2.75, 3.05) is 11.9 Å². The van der Waals surface area contributed by atoms with Crippen LogP contribution in [-0.4, -0.2) is 33.7 Å². The molecule has 102 valence electrons. The quantitative estimate of drug-likeness (QED) is 0.760. The number of nitrogens with zero attached hydrogens (tertiary/aromatic N) is 2. The molecule has 1 aromatic rings. The third-order valence-electron chi connectivity index (χ3n) is 2.83. The molecule has 1 aliphatic rings. The van der Waals surface area contributed by atoms with Crippen LogP contribution in [0.2, 0.25) is 0 Å². The van der Waals surface area contributed by atoms with Crippen LogP contribution < -0.4 is 10.1 Å². The summed E-state index contributed by atoms with van der Waals surface area (Å²) in [6.07, 6.45) is 6.44. The Bertz CT molecular complexity index is 476. The van der Waals surface area contributed by atoms with Crippen molar-refractivity contribution in [1.29, 1.82) is 0 Å². The highest BCUT2D eigenvalue weighted by molar-refractivity contribution is 5.73. The van der Waals surface area contributed by atoms with Crippen LogP contribution >= 0.6 is 0 Å². The lowest BCUT2D eigenvalue weighted by molar-refractivity contribution is -0.140. The summed E-state index contributed by atoms with van der Waals surface area (Å²) in [5.74, 6) is -0.0525. The van der Waals surface area contributed by atoms with Gasteiger partial charge in [-0.2, -0.15) is 0 Å². The van der Waals surface area contributed by atoms with Crippen LogP contribution in [0.3, 0.4) is 0 Å². The zero-order valence-corrected chi connectivity index (χ0v) is 10.7. The first-order valence-corrected chi connectivity index (χ1v) is 6.31. The van der Waals surface area contributed by atoms with Gasteiger partial charge in [0.05, 0.1) is 12.5 Å². The molecule has 0 saturated carbocycles. The molecule has 0 aromatic carbocycles. The van der Waals surface area contributed by atoms with Gasteiger partial charge in [0.1, 0.15) is 12.1 Å². The SMILES string of the molecule is CCCOc1cc(NC2C=CC(C(=O)O)C2)ncn1. The third kappa shape index (κ3) is 3.67. The van der Waals surface area contributed by atoms with Gasteiger partial charge in [-0.15, -0.1) is 0 Å². The molecule has 2 rings (SSSR count). The molecule has 1 aliphatic carbocycles. The second-order valence-electron chi connectivity index (χ2n) is 4.41. The normalized spacial score (nSPS) is 21.3. The molecule has 0 saturated heterocycles. The predicted octanol–water partition coefficient (Wildman–Crippen LogP) is 1.71. The van der Waals surface area contributed by atoms with Crippen LogP contribution in [0.5, 0.6) is 5.88 Å². The zero-order chi connectivity index (χ0) is 13.7. The average Bonchev–Trinajstić information content (AvgIpc) is 2.85. The van der Waals surface area contributed by atoms with E-state index in [2.05, 4.69) is 15.3 Å². The van der Waals surface area contributed by atoms with Gasteiger partial charge in [0.2, 0.25) is 5.88 Å². The fraction of sp³-hybridized carbons (Fsp3) is 0.462. The van der Waals surface area contributed by atoms with Crippen molar-refractivity contribution >= 4 is 11.8 Å². The van der Waals surface area contributed by atoms with Crippen molar-refractivity contribution in [3.63, 3.8) is 0 Å². The number of ether oxygens (including phenoxy) is 1. The number of carbonyl (C=O) groups is 1. The maximum atomic E-state index is 10.8. The van der Waals surface area contributed by atoms with Crippen molar-refractivity contribution in [1.82, 2.24) is 9.97 Å². The minimum atomic E-state index is -0.796. The molecule has 0 radical (unpaired) electrons. The maximum absolute atomic E-state index is 10.8. The topological polar surface area (TPSA) is 84.3 Å². The lowest BCUT2D eigenvalue weighted by atomic mass is 10.1. The van der Waals surface area contributed by atoms with E-state index in [1.54, 1.807) is 12.1 Å². The fourth-order valence-electron chi connectivity index (χ4n) is 1.88. The van der Waals surface area contributed by atoms with E-state index in [0.717, 1.165) is 6.42 Å². The van der Waals surface area contributed by atoms with Gasteiger partial charge in [-0.1, -0.05) is 19.1 Å². The Morgan fingerprint density at radius 3 is 3.05 bits per heavy atom. The van der Waals surface area contributed by atoms with Gasteiger partial charge in [-0.25, -0.2) is 9.97 Å². The second kappa shape index (κ2) is 6.17. The highest BCUT2D eigenvalue weighted by Crippen LogP contribution is 2.21. The summed E-state index contributed by atoms with van der Waals surface area (Å²) in [4.78, 5) is 19.0. The first kappa shape index (κ1) is 13.3. The molecule has 1 aromatic heterocycles. The summed E-state index contributed by atoms with van der Waals surface area (Å²) in [5.41, 5.74) is 0. The van der Waals surface area contributed by atoms with Crippen LogP contribution in [0.15, 0.2) is 24.5 Å². The summed E-state index contributed by atoms with van der Waals surface area (Å²) in [6, 6.07) is 1.70. The lowest BCUT2D eigenvalue weighted by Gasteiger charge is -2.13. The molecular formula is C13H17N3O3. The first-order valence-electron chi connectivity index (χ1n) is 6.31. The Balaban J connectivity index is 1.93. The molecule has 0 amide bonds. The van der Waals surface area contributed by atoms with Crippen molar-refractivity contribution in [3.8, 4) is 5.88 Å². The second-order valence-corrected chi connectivity index (χ2v) is 4.41. The van der Waals surface area contributed by atoms with E-state index < -0.39 is 11.9 Å². The molecule has 1 heterocycles. The summed E-state index contributed by atoms with van der Waals surface area (Å²) in [7, 11) is 0. The Kier molecular flexibility index (Phi) is 4.33.